The van der Waals surface area contributed by atoms with E-state index in [1.807, 2.05) is 0 Å². The summed E-state index contributed by atoms with van der Waals surface area (Å²) < 4.78 is 9.18. The molecule has 0 fully saturated rings. The van der Waals surface area contributed by atoms with Crippen molar-refractivity contribution in [1.82, 2.24) is 5.32 Å². The van der Waals surface area contributed by atoms with E-state index in [4.69, 9.17) is 0 Å². The van der Waals surface area contributed by atoms with Crippen LogP contribution in [-0.2, 0) is 23.9 Å². The van der Waals surface area contributed by atoms with Crippen molar-refractivity contribution in [2.75, 3.05) is 20.8 Å². The summed E-state index contributed by atoms with van der Waals surface area (Å²) >= 11 is 0. The first-order chi connectivity index (χ1) is 8.90. The number of carbonyl (C=O) groups excluding carboxylic acids is 3. The Bertz CT molecular complexity index is 411. The number of carbonyl (C=O) groups is 3. The van der Waals surface area contributed by atoms with Crippen LogP contribution in [0.15, 0.2) is 23.9 Å². The molecule has 106 valence electrons. The van der Waals surface area contributed by atoms with Crippen molar-refractivity contribution in [2.45, 2.75) is 13.8 Å². The molecule has 19 heavy (non-hydrogen) atoms. The van der Waals surface area contributed by atoms with E-state index in [9.17, 15) is 14.4 Å². The van der Waals surface area contributed by atoms with Gasteiger partial charge in [-0.3, -0.25) is 9.59 Å². The van der Waals surface area contributed by atoms with Crippen molar-refractivity contribution < 1.29 is 23.9 Å². The van der Waals surface area contributed by atoms with E-state index < -0.39 is 23.6 Å². The van der Waals surface area contributed by atoms with Crippen molar-refractivity contribution in [3.05, 3.63) is 23.9 Å². The maximum absolute atomic E-state index is 11.7. The van der Waals surface area contributed by atoms with E-state index in [1.165, 1.54) is 28.1 Å². The highest BCUT2D eigenvalue weighted by atomic mass is 16.5. The Labute approximate surface area is 112 Å². The van der Waals surface area contributed by atoms with Crippen molar-refractivity contribution >= 4 is 17.7 Å². The molecule has 0 amide bonds. The molecule has 0 spiro atoms. The number of nitrogens with one attached hydrogen (secondary N) is 1. The maximum atomic E-state index is 11.7. The first-order valence-corrected chi connectivity index (χ1v) is 5.66. The lowest BCUT2D eigenvalue weighted by Gasteiger charge is -2.18. The third kappa shape index (κ3) is 4.57. The number of Topliss-reactive ketones (excluding diaryl/α,β-unsaturated/α-hetero) is 1. The molecule has 0 saturated heterocycles. The summed E-state index contributed by atoms with van der Waals surface area (Å²) in [5, 5.41) is 2.82. The van der Waals surface area contributed by atoms with Gasteiger partial charge in [0.05, 0.1) is 20.1 Å². The summed E-state index contributed by atoms with van der Waals surface area (Å²) in [6.07, 6.45) is 1.54. The van der Waals surface area contributed by atoms with Crippen LogP contribution < -0.4 is 5.32 Å². The molecule has 0 saturated carbocycles. The summed E-state index contributed by atoms with van der Waals surface area (Å²) in [7, 11) is 2.40. The first kappa shape index (κ1) is 16.9. The first-order valence-electron chi connectivity index (χ1n) is 5.66. The van der Waals surface area contributed by atoms with Gasteiger partial charge in [0, 0.05) is 12.2 Å². The number of hydrogen-bond donors (Lipinski definition) is 1. The van der Waals surface area contributed by atoms with Crippen LogP contribution in [0.1, 0.15) is 13.8 Å². The van der Waals surface area contributed by atoms with E-state index in [0.717, 1.165) is 0 Å². The van der Waals surface area contributed by atoms with Crippen molar-refractivity contribution in [3.63, 3.8) is 0 Å². The molecular formula is C13H19NO5. The van der Waals surface area contributed by atoms with E-state index in [1.54, 1.807) is 6.08 Å². The molecule has 0 aliphatic carbocycles. The summed E-state index contributed by atoms with van der Waals surface area (Å²) in [5.74, 6) is -2.64. The molecule has 0 rings (SSSR count). The second kappa shape index (κ2) is 8.07. The fourth-order valence-corrected chi connectivity index (χ4v) is 1.48. The number of esters is 2. The predicted molar refractivity (Wildman–Crippen MR) is 69.1 cm³/mol. The Balaban J connectivity index is 5.72. The van der Waals surface area contributed by atoms with Crippen LogP contribution in [0.5, 0.6) is 0 Å². The van der Waals surface area contributed by atoms with Crippen LogP contribution in [0.25, 0.3) is 0 Å². The maximum Gasteiger partial charge on any atom is 0.343 e. The van der Waals surface area contributed by atoms with E-state index in [-0.39, 0.29) is 11.3 Å². The highest BCUT2D eigenvalue weighted by molar-refractivity contribution is 6.17. The van der Waals surface area contributed by atoms with Gasteiger partial charge in [-0.2, -0.15) is 0 Å². The highest BCUT2D eigenvalue weighted by Crippen LogP contribution is 2.16. The molecule has 0 bridgehead atoms. The number of methoxy groups -OCH3 is 2. The summed E-state index contributed by atoms with van der Waals surface area (Å²) in [5.41, 5.74) is -0.0200. The third-order valence-corrected chi connectivity index (χ3v) is 2.44. The zero-order valence-electron chi connectivity index (χ0n) is 11.6. The van der Waals surface area contributed by atoms with E-state index in [2.05, 4.69) is 21.4 Å². The third-order valence-electron chi connectivity index (χ3n) is 2.44. The summed E-state index contributed by atoms with van der Waals surface area (Å²) in [6.45, 7) is 6.58. The van der Waals surface area contributed by atoms with Gasteiger partial charge in [0.1, 0.15) is 5.57 Å². The van der Waals surface area contributed by atoms with Crippen LogP contribution >= 0.6 is 0 Å². The quantitative estimate of drug-likeness (QED) is 0.239. The number of ether oxygens (including phenoxy) is 2. The number of ketones is 1. The average Bonchev–Trinajstić information content (AvgIpc) is 2.40. The van der Waals surface area contributed by atoms with E-state index in [0.29, 0.717) is 6.54 Å². The molecule has 0 aliphatic heterocycles. The average molecular weight is 269 g/mol. The minimum absolute atomic E-state index is 0.172. The lowest BCUT2D eigenvalue weighted by Crippen LogP contribution is -2.31. The predicted octanol–water partition coefficient (Wildman–Crippen LogP) is 0.587. The molecule has 0 aromatic carbocycles. The van der Waals surface area contributed by atoms with Gasteiger partial charge in [-0.05, 0) is 13.8 Å². The van der Waals surface area contributed by atoms with Crippen LogP contribution in [0.3, 0.4) is 0 Å². The Kier molecular flexibility index (Phi) is 7.18. The molecule has 0 aromatic rings. The zero-order valence-corrected chi connectivity index (χ0v) is 11.6. The van der Waals surface area contributed by atoms with Crippen LogP contribution in [0.2, 0.25) is 0 Å². The van der Waals surface area contributed by atoms with Gasteiger partial charge in [-0.1, -0.05) is 6.08 Å². The van der Waals surface area contributed by atoms with Gasteiger partial charge in [-0.15, -0.1) is 6.58 Å². The Morgan fingerprint density at radius 3 is 2.21 bits per heavy atom. The lowest BCUT2D eigenvalue weighted by molar-refractivity contribution is -0.143. The number of rotatable bonds is 7. The largest absolute Gasteiger partial charge is 0.469 e. The SMILES string of the molecule is C=CCN/C(=C(/C(C)=O)C(=O)OC)C(C)C(=O)OC. The molecule has 1 N–H and O–H groups in total. The molecule has 0 aliphatic rings. The zero-order chi connectivity index (χ0) is 15.0. The highest BCUT2D eigenvalue weighted by Gasteiger charge is 2.28. The monoisotopic (exact) mass is 269 g/mol. The normalized spacial score (nSPS) is 12.8. The van der Waals surface area contributed by atoms with Crippen molar-refractivity contribution in [1.29, 1.82) is 0 Å². The fraction of sp³-hybridized carbons (Fsp3) is 0.462. The van der Waals surface area contributed by atoms with Crippen LogP contribution in [-0.4, -0.2) is 38.5 Å². The van der Waals surface area contributed by atoms with Gasteiger partial charge in [0.15, 0.2) is 5.78 Å². The second-order valence-corrected chi connectivity index (χ2v) is 3.75. The lowest BCUT2D eigenvalue weighted by atomic mass is 9.99. The Hall–Kier alpha value is -2.11. The van der Waals surface area contributed by atoms with Crippen molar-refractivity contribution in [2.24, 2.45) is 5.92 Å². The van der Waals surface area contributed by atoms with Gasteiger partial charge >= 0.3 is 11.9 Å². The van der Waals surface area contributed by atoms with Crippen molar-refractivity contribution in [3.8, 4) is 0 Å². The molecule has 6 heteroatoms. The van der Waals surface area contributed by atoms with Gasteiger partial charge < -0.3 is 14.8 Å². The van der Waals surface area contributed by atoms with E-state index >= 15 is 0 Å². The summed E-state index contributed by atoms with van der Waals surface area (Å²) in [6, 6.07) is 0. The Morgan fingerprint density at radius 1 is 1.26 bits per heavy atom. The second-order valence-electron chi connectivity index (χ2n) is 3.75. The van der Waals surface area contributed by atoms with Crippen LogP contribution in [0, 0.1) is 5.92 Å². The molecule has 1 atom stereocenters. The summed E-state index contributed by atoms with van der Waals surface area (Å²) in [4.78, 5) is 34.8. The molecule has 0 aromatic heterocycles. The minimum atomic E-state index is -0.796. The smallest absolute Gasteiger partial charge is 0.343 e. The number of hydrogen-bond acceptors (Lipinski definition) is 6. The molecule has 0 heterocycles. The molecule has 6 nitrogen and oxygen atoms in total. The topological polar surface area (TPSA) is 81.7 Å². The van der Waals surface area contributed by atoms with Crippen LogP contribution in [0.4, 0.5) is 0 Å². The Morgan fingerprint density at radius 2 is 1.84 bits per heavy atom. The fourth-order valence-electron chi connectivity index (χ4n) is 1.48. The van der Waals surface area contributed by atoms with Gasteiger partial charge in [-0.25, -0.2) is 4.79 Å². The van der Waals surface area contributed by atoms with Gasteiger partial charge in [0.2, 0.25) is 0 Å². The molecule has 1 unspecified atom stereocenters. The minimum Gasteiger partial charge on any atom is -0.469 e. The molecule has 0 radical (unpaired) electrons. The molecular weight excluding hydrogens is 250 g/mol. The standard InChI is InChI=1S/C13H19NO5/c1-6-7-14-11(8(2)12(16)18-4)10(9(3)15)13(17)19-5/h6,8,14H,1,7H2,2-5H3/b11-10-. The van der Waals surface area contributed by atoms with Gasteiger partial charge in [0.25, 0.3) is 0 Å².